The molecule has 0 aromatic heterocycles. The highest BCUT2D eigenvalue weighted by Crippen LogP contribution is 2.20. The van der Waals surface area contributed by atoms with Gasteiger partial charge in [0.25, 0.3) is 0 Å². The Balaban J connectivity index is 2.49. The number of aromatic carboxylic acids is 1. The predicted octanol–water partition coefficient (Wildman–Crippen LogP) is 1.88. The lowest BCUT2D eigenvalue weighted by atomic mass is 10.2. The Morgan fingerprint density at radius 1 is 1.33 bits per heavy atom. The van der Waals surface area contributed by atoms with E-state index in [0.717, 1.165) is 0 Å². The third-order valence-electron chi connectivity index (χ3n) is 1.87. The number of ether oxygens (including phenoxy) is 2. The Hall–Kier alpha value is -1.96. The van der Waals surface area contributed by atoms with Crippen LogP contribution in [0.15, 0.2) is 18.2 Å². The van der Waals surface area contributed by atoms with Gasteiger partial charge in [-0.05, 0) is 12.1 Å². The molecule has 0 radical (unpaired) electrons. The largest absolute Gasteiger partial charge is 0.522 e. The Labute approximate surface area is 99.9 Å². The molecule has 0 aliphatic heterocycles. The van der Waals surface area contributed by atoms with E-state index >= 15 is 0 Å². The van der Waals surface area contributed by atoms with Gasteiger partial charge in [-0.25, -0.2) is 4.79 Å². The molecule has 0 fully saturated rings. The molecule has 5 nitrogen and oxygen atoms in total. The van der Waals surface area contributed by atoms with Crippen LogP contribution < -0.4 is 10.5 Å². The van der Waals surface area contributed by atoms with E-state index in [1.807, 2.05) is 0 Å². The van der Waals surface area contributed by atoms with Gasteiger partial charge in [0.05, 0.1) is 12.2 Å². The summed E-state index contributed by atoms with van der Waals surface area (Å²) in [6.45, 7) is -0.991. The number of carboxylic acids is 1. The maximum atomic E-state index is 11.6. The number of nitrogen functional groups attached to an aromatic ring is 1. The molecule has 8 heteroatoms. The van der Waals surface area contributed by atoms with Crippen molar-refractivity contribution in [1.29, 1.82) is 0 Å². The molecular formula is C10H10F3NO4. The van der Waals surface area contributed by atoms with Crippen LogP contribution >= 0.6 is 0 Å². The number of alkyl halides is 3. The molecule has 1 aromatic carbocycles. The molecule has 0 aliphatic carbocycles. The molecule has 0 spiro atoms. The number of anilines is 1. The lowest BCUT2D eigenvalue weighted by molar-refractivity contribution is -0.325. The van der Waals surface area contributed by atoms with Crippen molar-refractivity contribution in [2.75, 3.05) is 18.9 Å². The van der Waals surface area contributed by atoms with E-state index in [-0.39, 0.29) is 23.6 Å². The zero-order valence-corrected chi connectivity index (χ0v) is 9.03. The van der Waals surface area contributed by atoms with Gasteiger partial charge in [-0.2, -0.15) is 0 Å². The molecule has 0 atom stereocenters. The first-order valence-electron chi connectivity index (χ1n) is 4.76. The average Bonchev–Trinajstić information content (AvgIpc) is 2.22. The van der Waals surface area contributed by atoms with Crippen LogP contribution in [-0.4, -0.2) is 30.7 Å². The van der Waals surface area contributed by atoms with Crippen molar-refractivity contribution < 1.29 is 32.5 Å². The molecule has 1 aromatic rings. The van der Waals surface area contributed by atoms with Crippen LogP contribution in [0, 0.1) is 0 Å². The highest BCUT2D eigenvalue weighted by Gasteiger charge is 2.28. The van der Waals surface area contributed by atoms with Gasteiger partial charge in [0.15, 0.2) is 0 Å². The highest BCUT2D eigenvalue weighted by atomic mass is 19.4. The number of benzene rings is 1. The number of halogens is 3. The molecule has 3 N–H and O–H groups in total. The summed E-state index contributed by atoms with van der Waals surface area (Å²) in [7, 11) is 0. The number of nitrogens with two attached hydrogens (primary N) is 1. The van der Waals surface area contributed by atoms with Gasteiger partial charge in [-0.3, -0.25) is 4.74 Å². The molecule has 0 saturated carbocycles. The Morgan fingerprint density at radius 2 is 2.00 bits per heavy atom. The zero-order chi connectivity index (χ0) is 13.8. The second-order valence-electron chi connectivity index (χ2n) is 3.20. The van der Waals surface area contributed by atoms with Gasteiger partial charge in [0, 0.05) is 11.8 Å². The lowest BCUT2D eigenvalue weighted by Gasteiger charge is -2.10. The molecule has 18 heavy (non-hydrogen) atoms. The van der Waals surface area contributed by atoms with Crippen molar-refractivity contribution in [3.8, 4) is 5.75 Å². The minimum Gasteiger partial charge on any atom is -0.491 e. The number of carbonyl (C=O) groups is 1. The third kappa shape index (κ3) is 4.50. The summed E-state index contributed by atoms with van der Waals surface area (Å²) >= 11 is 0. The normalized spacial score (nSPS) is 11.3. The highest BCUT2D eigenvalue weighted by molar-refractivity contribution is 5.93. The molecule has 1 rings (SSSR count). The topological polar surface area (TPSA) is 81.8 Å². The second-order valence-corrected chi connectivity index (χ2v) is 3.20. The molecular weight excluding hydrogens is 255 g/mol. The number of hydrogen-bond donors (Lipinski definition) is 2. The van der Waals surface area contributed by atoms with E-state index in [9.17, 15) is 18.0 Å². The average molecular weight is 265 g/mol. The van der Waals surface area contributed by atoms with Gasteiger partial charge >= 0.3 is 12.3 Å². The van der Waals surface area contributed by atoms with Crippen molar-refractivity contribution >= 4 is 11.7 Å². The first kappa shape index (κ1) is 14.1. The maximum Gasteiger partial charge on any atom is 0.522 e. The SMILES string of the molecule is Nc1cc(OCCOC(F)(F)F)ccc1C(=O)O. The molecule has 0 aliphatic rings. The van der Waals surface area contributed by atoms with Crippen LogP contribution in [0.3, 0.4) is 0 Å². The van der Waals surface area contributed by atoms with E-state index in [1.54, 1.807) is 0 Å². The van der Waals surface area contributed by atoms with Crippen molar-refractivity contribution in [2.45, 2.75) is 6.36 Å². The van der Waals surface area contributed by atoms with Crippen molar-refractivity contribution in [1.82, 2.24) is 0 Å². The number of rotatable bonds is 5. The van der Waals surface area contributed by atoms with Crippen molar-refractivity contribution in [3.63, 3.8) is 0 Å². The van der Waals surface area contributed by atoms with Crippen LogP contribution in [0.2, 0.25) is 0 Å². The Bertz CT molecular complexity index is 434. The summed E-state index contributed by atoms with van der Waals surface area (Å²) in [5, 5.41) is 8.69. The molecule has 100 valence electrons. The fourth-order valence-electron chi connectivity index (χ4n) is 1.14. The maximum absolute atomic E-state index is 11.6. The van der Waals surface area contributed by atoms with Gasteiger partial charge in [0.2, 0.25) is 0 Å². The summed E-state index contributed by atoms with van der Waals surface area (Å²) in [5.74, 6) is -1.03. The predicted molar refractivity (Wildman–Crippen MR) is 55.3 cm³/mol. The van der Waals surface area contributed by atoms with E-state index in [4.69, 9.17) is 15.6 Å². The van der Waals surface area contributed by atoms with E-state index in [0.29, 0.717) is 0 Å². The fourth-order valence-corrected chi connectivity index (χ4v) is 1.14. The van der Waals surface area contributed by atoms with E-state index < -0.39 is 18.9 Å². The number of hydrogen-bond acceptors (Lipinski definition) is 4. The van der Waals surface area contributed by atoms with E-state index in [2.05, 4.69) is 4.74 Å². The van der Waals surface area contributed by atoms with E-state index in [1.165, 1.54) is 18.2 Å². The van der Waals surface area contributed by atoms with Crippen LogP contribution in [0.25, 0.3) is 0 Å². The monoisotopic (exact) mass is 265 g/mol. The summed E-state index contributed by atoms with van der Waals surface area (Å²) in [4.78, 5) is 10.6. The molecule has 0 unspecified atom stereocenters. The van der Waals surface area contributed by atoms with Gasteiger partial charge < -0.3 is 15.6 Å². The molecule has 0 amide bonds. The van der Waals surface area contributed by atoms with Gasteiger partial charge in [-0.1, -0.05) is 0 Å². The molecule has 0 bridgehead atoms. The summed E-state index contributed by atoms with van der Waals surface area (Å²) in [5.41, 5.74) is 5.29. The summed E-state index contributed by atoms with van der Waals surface area (Å²) in [6, 6.07) is 3.72. The first-order chi connectivity index (χ1) is 8.29. The minimum atomic E-state index is -4.70. The summed E-state index contributed by atoms with van der Waals surface area (Å²) < 4.78 is 43.3. The second kappa shape index (κ2) is 5.58. The Kier molecular flexibility index (Phi) is 4.38. The quantitative estimate of drug-likeness (QED) is 0.627. The number of carboxylic acid groups (broad SMARTS) is 1. The van der Waals surface area contributed by atoms with Crippen molar-refractivity contribution in [3.05, 3.63) is 23.8 Å². The third-order valence-corrected chi connectivity index (χ3v) is 1.87. The van der Waals surface area contributed by atoms with Crippen LogP contribution in [-0.2, 0) is 4.74 Å². The Morgan fingerprint density at radius 3 is 2.50 bits per heavy atom. The van der Waals surface area contributed by atoms with Crippen LogP contribution in [0.4, 0.5) is 18.9 Å². The first-order valence-corrected chi connectivity index (χ1v) is 4.76. The lowest BCUT2D eigenvalue weighted by Crippen LogP contribution is -2.18. The smallest absolute Gasteiger partial charge is 0.491 e. The zero-order valence-electron chi connectivity index (χ0n) is 9.03. The van der Waals surface area contributed by atoms with Crippen LogP contribution in [0.1, 0.15) is 10.4 Å². The molecule has 0 saturated heterocycles. The van der Waals surface area contributed by atoms with Crippen molar-refractivity contribution in [2.24, 2.45) is 0 Å². The standard InChI is InChI=1S/C10H10F3NO4/c11-10(12,13)18-4-3-17-6-1-2-7(9(15)16)8(14)5-6/h1-2,5H,3-4,14H2,(H,15,16). The van der Waals surface area contributed by atoms with Gasteiger partial charge in [-0.15, -0.1) is 13.2 Å². The summed E-state index contributed by atoms with van der Waals surface area (Å²) in [6.07, 6.45) is -4.70. The minimum absolute atomic E-state index is 0.0308. The fraction of sp³-hybridized carbons (Fsp3) is 0.300. The molecule has 0 heterocycles. The van der Waals surface area contributed by atoms with Gasteiger partial charge in [0.1, 0.15) is 12.4 Å². The van der Waals surface area contributed by atoms with Crippen LogP contribution in [0.5, 0.6) is 5.75 Å².